The molecule has 1 N–H and O–H groups in total. The van der Waals surface area contributed by atoms with Gasteiger partial charge in [-0.2, -0.15) is 0 Å². The highest BCUT2D eigenvalue weighted by Gasteiger charge is 2.23. The Morgan fingerprint density at radius 1 is 1.00 bits per heavy atom. The molecule has 0 saturated heterocycles. The maximum Gasteiger partial charge on any atom is 0.162 e. The minimum atomic E-state index is 0.758. The Kier molecular flexibility index (Phi) is 2.30. The summed E-state index contributed by atoms with van der Waals surface area (Å²) in [6, 6.07) is 12.6. The first kappa shape index (κ1) is 11.4. The molecule has 3 nitrogen and oxygen atoms in total. The molecule has 1 heterocycles. The standard InChI is InChI=1S/C17H15NO2/c1-19-15-8-12-13-7-10-5-3-4-6-11(10)17(13)18-14(12)9-16(15)20-2/h3-6,8-9,18H,7H2,1-2H3. The van der Waals surface area contributed by atoms with Crippen molar-refractivity contribution in [1.29, 1.82) is 0 Å². The van der Waals surface area contributed by atoms with E-state index in [1.807, 2.05) is 6.07 Å². The van der Waals surface area contributed by atoms with E-state index in [2.05, 4.69) is 35.3 Å². The number of H-pyrrole nitrogens is 1. The van der Waals surface area contributed by atoms with Gasteiger partial charge in [-0.15, -0.1) is 0 Å². The van der Waals surface area contributed by atoms with Crippen molar-refractivity contribution in [3.8, 4) is 22.8 Å². The van der Waals surface area contributed by atoms with Crippen LogP contribution < -0.4 is 9.47 Å². The number of fused-ring (bicyclic) bond motifs is 5. The average molecular weight is 265 g/mol. The maximum atomic E-state index is 5.41. The molecule has 20 heavy (non-hydrogen) atoms. The maximum absolute atomic E-state index is 5.41. The van der Waals surface area contributed by atoms with E-state index in [0.29, 0.717) is 0 Å². The summed E-state index contributed by atoms with van der Waals surface area (Å²) >= 11 is 0. The fraction of sp³-hybridized carbons (Fsp3) is 0.176. The van der Waals surface area contributed by atoms with Crippen molar-refractivity contribution in [2.75, 3.05) is 14.2 Å². The van der Waals surface area contributed by atoms with Crippen molar-refractivity contribution in [2.45, 2.75) is 6.42 Å². The summed E-state index contributed by atoms with van der Waals surface area (Å²) in [5.74, 6) is 1.53. The lowest BCUT2D eigenvalue weighted by Crippen LogP contribution is -1.90. The molecule has 0 fully saturated rings. The minimum absolute atomic E-state index is 0.758. The molecule has 0 saturated carbocycles. The number of aromatic amines is 1. The first-order valence-corrected chi connectivity index (χ1v) is 6.66. The monoisotopic (exact) mass is 265 g/mol. The molecule has 1 aliphatic rings. The number of methoxy groups -OCH3 is 2. The molecule has 0 atom stereocenters. The molecule has 3 heteroatoms. The van der Waals surface area contributed by atoms with Gasteiger partial charge in [0.2, 0.25) is 0 Å². The van der Waals surface area contributed by atoms with Gasteiger partial charge in [-0.25, -0.2) is 0 Å². The van der Waals surface area contributed by atoms with E-state index in [1.54, 1.807) is 14.2 Å². The molecule has 4 rings (SSSR count). The van der Waals surface area contributed by atoms with Crippen LogP contribution >= 0.6 is 0 Å². The molecule has 0 radical (unpaired) electrons. The van der Waals surface area contributed by atoms with Gasteiger partial charge < -0.3 is 14.5 Å². The lowest BCUT2D eigenvalue weighted by Gasteiger charge is -2.07. The van der Waals surface area contributed by atoms with E-state index >= 15 is 0 Å². The van der Waals surface area contributed by atoms with Crippen LogP contribution in [0.25, 0.3) is 22.2 Å². The number of aromatic nitrogens is 1. The summed E-state index contributed by atoms with van der Waals surface area (Å²) in [5, 5.41) is 1.22. The van der Waals surface area contributed by atoms with Crippen molar-refractivity contribution in [2.24, 2.45) is 0 Å². The molecule has 1 aromatic heterocycles. The highest BCUT2D eigenvalue weighted by atomic mass is 16.5. The van der Waals surface area contributed by atoms with E-state index in [9.17, 15) is 0 Å². The van der Waals surface area contributed by atoms with Crippen LogP contribution in [0, 0.1) is 0 Å². The number of rotatable bonds is 2. The Morgan fingerprint density at radius 2 is 1.75 bits per heavy atom. The topological polar surface area (TPSA) is 34.2 Å². The summed E-state index contributed by atoms with van der Waals surface area (Å²) in [4.78, 5) is 3.52. The molecule has 3 aromatic rings. The predicted molar refractivity (Wildman–Crippen MR) is 79.6 cm³/mol. The van der Waals surface area contributed by atoms with Crippen LogP contribution in [0.1, 0.15) is 11.1 Å². The first-order valence-electron chi connectivity index (χ1n) is 6.66. The molecule has 0 amide bonds. The quantitative estimate of drug-likeness (QED) is 0.599. The molecular formula is C17H15NO2. The smallest absolute Gasteiger partial charge is 0.162 e. The fourth-order valence-corrected chi connectivity index (χ4v) is 3.10. The van der Waals surface area contributed by atoms with E-state index in [0.717, 1.165) is 23.4 Å². The van der Waals surface area contributed by atoms with E-state index < -0.39 is 0 Å². The van der Waals surface area contributed by atoms with Crippen LogP contribution in [0.3, 0.4) is 0 Å². The van der Waals surface area contributed by atoms with Crippen LogP contribution in [0.15, 0.2) is 36.4 Å². The molecule has 0 spiro atoms. The van der Waals surface area contributed by atoms with Crippen molar-refractivity contribution < 1.29 is 9.47 Å². The number of benzene rings is 2. The summed E-state index contributed by atoms with van der Waals surface area (Å²) < 4.78 is 10.8. The molecule has 0 bridgehead atoms. The lowest BCUT2D eigenvalue weighted by molar-refractivity contribution is 0.356. The van der Waals surface area contributed by atoms with Crippen LogP contribution in [0.4, 0.5) is 0 Å². The third-order valence-corrected chi connectivity index (χ3v) is 4.06. The molecule has 100 valence electrons. The molecule has 0 unspecified atom stereocenters. The second-order valence-electron chi connectivity index (χ2n) is 5.07. The van der Waals surface area contributed by atoms with Gasteiger partial charge in [0.15, 0.2) is 11.5 Å². The van der Waals surface area contributed by atoms with Gasteiger partial charge in [-0.1, -0.05) is 24.3 Å². The normalized spacial score (nSPS) is 12.3. The van der Waals surface area contributed by atoms with E-state index in [1.165, 1.54) is 27.8 Å². The average Bonchev–Trinajstić information content (AvgIpc) is 3.01. The van der Waals surface area contributed by atoms with Crippen molar-refractivity contribution >= 4 is 10.9 Å². The molecule has 1 aliphatic carbocycles. The molecule has 0 aliphatic heterocycles. The summed E-state index contributed by atoms with van der Waals surface area (Å²) in [5.41, 5.74) is 6.36. The second-order valence-corrected chi connectivity index (χ2v) is 5.07. The van der Waals surface area contributed by atoms with Crippen molar-refractivity contribution in [3.05, 3.63) is 47.5 Å². The summed E-state index contributed by atoms with van der Waals surface area (Å²) in [6.07, 6.45) is 0.973. The molecule has 2 aromatic carbocycles. The Morgan fingerprint density at radius 3 is 2.55 bits per heavy atom. The highest BCUT2D eigenvalue weighted by Crippen LogP contribution is 2.43. The van der Waals surface area contributed by atoms with Gasteiger partial charge in [0.1, 0.15) is 0 Å². The summed E-state index contributed by atoms with van der Waals surface area (Å²) in [6.45, 7) is 0. The van der Waals surface area contributed by atoms with E-state index in [4.69, 9.17) is 9.47 Å². The Balaban J connectivity index is 2.00. The lowest BCUT2D eigenvalue weighted by atomic mass is 10.1. The van der Waals surface area contributed by atoms with Crippen LogP contribution in [0.2, 0.25) is 0 Å². The van der Waals surface area contributed by atoms with Gasteiger partial charge in [0.05, 0.1) is 25.4 Å². The molecular weight excluding hydrogens is 250 g/mol. The number of ether oxygens (including phenoxy) is 2. The van der Waals surface area contributed by atoms with Gasteiger partial charge >= 0.3 is 0 Å². The third kappa shape index (κ3) is 1.40. The van der Waals surface area contributed by atoms with Crippen LogP contribution in [-0.4, -0.2) is 19.2 Å². The van der Waals surface area contributed by atoms with E-state index in [-0.39, 0.29) is 0 Å². The van der Waals surface area contributed by atoms with Crippen molar-refractivity contribution in [1.82, 2.24) is 4.98 Å². The van der Waals surface area contributed by atoms with Crippen LogP contribution in [0.5, 0.6) is 11.5 Å². The third-order valence-electron chi connectivity index (χ3n) is 4.06. The van der Waals surface area contributed by atoms with Gasteiger partial charge in [-0.3, -0.25) is 0 Å². The minimum Gasteiger partial charge on any atom is -0.493 e. The largest absolute Gasteiger partial charge is 0.493 e. The zero-order valence-corrected chi connectivity index (χ0v) is 11.5. The highest BCUT2D eigenvalue weighted by molar-refractivity contribution is 5.96. The van der Waals surface area contributed by atoms with Gasteiger partial charge in [0.25, 0.3) is 0 Å². The van der Waals surface area contributed by atoms with Crippen molar-refractivity contribution in [3.63, 3.8) is 0 Å². The zero-order chi connectivity index (χ0) is 13.7. The second kappa shape index (κ2) is 4.04. The first-order chi connectivity index (χ1) is 9.81. The van der Waals surface area contributed by atoms with Crippen LogP contribution in [-0.2, 0) is 6.42 Å². The number of hydrogen-bond acceptors (Lipinski definition) is 2. The van der Waals surface area contributed by atoms with Gasteiger partial charge in [0, 0.05) is 23.4 Å². The summed E-state index contributed by atoms with van der Waals surface area (Å²) in [7, 11) is 3.33. The SMILES string of the molecule is COc1cc2[nH]c3c(c2cc1OC)Cc1ccccc1-3. The Hall–Kier alpha value is -2.42. The Bertz CT molecular complexity index is 817. The van der Waals surface area contributed by atoms with Gasteiger partial charge in [-0.05, 0) is 17.2 Å². The number of hydrogen-bond donors (Lipinski definition) is 1. The predicted octanol–water partition coefficient (Wildman–Crippen LogP) is 3.76. The number of nitrogens with one attached hydrogen (secondary N) is 1. The zero-order valence-electron chi connectivity index (χ0n) is 11.5. The fourth-order valence-electron chi connectivity index (χ4n) is 3.10. The Labute approximate surface area is 117 Å².